The standard InChI is InChI=1S/C17H14BrN5O/c18-12-4-3-6-13(10-12)22-17-20-9-7-15(23-17)16(24)21-11-14-5-1-2-8-19-14/h1-10H,11H2,(H,21,24)(H,20,22,23). The first-order valence-corrected chi connectivity index (χ1v) is 8.04. The highest BCUT2D eigenvalue weighted by molar-refractivity contribution is 9.10. The van der Waals surface area contributed by atoms with Gasteiger partial charge in [-0.3, -0.25) is 9.78 Å². The van der Waals surface area contributed by atoms with Crippen LogP contribution in [0.25, 0.3) is 0 Å². The number of hydrogen-bond donors (Lipinski definition) is 2. The quantitative estimate of drug-likeness (QED) is 0.706. The van der Waals surface area contributed by atoms with Gasteiger partial charge in [0.2, 0.25) is 5.95 Å². The molecular weight excluding hydrogens is 370 g/mol. The maximum Gasteiger partial charge on any atom is 0.270 e. The third-order valence-corrected chi connectivity index (χ3v) is 3.62. The lowest BCUT2D eigenvalue weighted by Gasteiger charge is -2.07. The fourth-order valence-corrected chi connectivity index (χ4v) is 2.40. The number of benzene rings is 1. The molecule has 0 aliphatic carbocycles. The largest absolute Gasteiger partial charge is 0.345 e. The van der Waals surface area contributed by atoms with Crippen molar-refractivity contribution in [2.75, 3.05) is 5.32 Å². The van der Waals surface area contributed by atoms with Gasteiger partial charge in [0.1, 0.15) is 5.69 Å². The molecule has 0 atom stereocenters. The zero-order chi connectivity index (χ0) is 16.8. The highest BCUT2D eigenvalue weighted by Crippen LogP contribution is 2.18. The van der Waals surface area contributed by atoms with Gasteiger partial charge in [-0.25, -0.2) is 9.97 Å². The zero-order valence-electron chi connectivity index (χ0n) is 12.6. The van der Waals surface area contributed by atoms with Crippen LogP contribution in [0, 0.1) is 0 Å². The number of aromatic nitrogens is 3. The van der Waals surface area contributed by atoms with E-state index in [2.05, 4.69) is 41.5 Å². The minimum atomic E-state index is -0.277. The molecule has 0 saturated carbocycles. The first-order valence-electron chi connectivity index (χ1n) is 7.24. The molecule has 2 N–H and O–H groups in total. The summed E-state index contributed by atoms with van der Waals surface area (Å²) in [6.07, 6.45) is 3.23. The van der Waals surface area contributed by atoms with Crippen molar-refractivity contribution in [3.8, 4) is 0 Å². The van der Waals surface area contributed by atoms with Crippen molar-refractivity contribution in [3.63, 3.8) is 0 Å². The van der Waals surface area contributed by atoms with E-state index in [0.717, 1.165) is 15.9 Å². The number of hydrogen-bond acceptors (Lipinski definition) is 5. The maximum absolute atomic E-state index is 12.2. The van der Waals surface area contributed by atoms with Crippen molar-refractivity contribution in [2.24, 2.45) is 0 Å². The molecule has 1 aromatic carbocycles. The summed E-state index contributed by atoms with van der Waals surface area (Å²) in [5, 5.41) is 5.86. The molecule has 6 nitrogen and oxygen atoms in total. The van der Waals surface area contributed by atoms with Crippen molar-refractivity contribution in [1.82, 2.24) is 20.3 Å². The molecule has 0 aliphatic rings. The number of rotatable bonds is 5. The molecule has 0 radical (unpaired) electrons. The lowest BCUT2D eigenvalue weighted by molar-refractivity contribution is 0.0945. The second-order valence-electron chi connectivity index (χ2n) is 4.90. The molecule has 3 aromatic rings. The maximum atomic E-state index is 12.2. The van der Waals surface area contributed by atoms with Crippen LogP contribution >= 0.6 is 15.9 Å². The highest BCUT2D eigenvalue weighted by Gasteiger charge is 2.09. The van der Waals surface area contributed by atoms with Gasteiger partial charge in [0.05, 0.1) is 12.2 Å². The van der Waals surface area contributed by atoms with E-state index in [4.69, 9.17) is 0 Å². The van der Waals surface area contributed by atoms with Crippen LogP contribution in [0.1, 0.15) is 16.2 Å². The Bertz CT molecular complexity index is 841. The number of nitrogens with one attached hydrogen (secondary N) is 2. The van der Waals surface area contributed by atoms with E-state index in [1.807, 2.05) is 42.5 Å². The van der Waals surface area contributed by atoms with Gasteiger partial charge in [-0.2, -0.15) is 0 Å². The van der Waals surface area contributed by atoms with Gasteiger partial charge >= 0.3 is 0 Å². The summed E-state index contributed by atoms with van der Waals surface area (Å²) in [5.74, 6) is 0.0823. The molecule has 2 heterocycles. The summed E-state index contributed by atoms with van der Waals surface area (Å²) >= 11 is 3.41. The van der Waals surface area contributed by atoms with E-state index in [1.165, 1.54) is 0 Å². The molecule has 0 saturated heterocycles. The van der Waals surface area contributed by atoms with Crippen LogP contribution in [-0.2, 0) is 6.54 Å². The monoisotopic (exact) mass is 383 g/mol. The van der Waals surface area contributed by atoms with Gasteiger partial charge in [0.15, 0.2) is 0 Å². The van der Waals surface area contributed by atoms with Crippen molar-refractivity contribution in [1.29, 1.82) is 0 Å². The van der Waals surface area contributed by atoms with Crippen molar-refractivity contribution in [3.05, 3.63) is 76.8 Å². The molecule has 120 valence electrons. The minimum Gasteiger partial charge on any atom is -0.345 e. The third-order valence-electron chi connectivity index (χ3n) is 3.13. The number of carbonyl (C=O) groups excluding carboxylic acids is 1. The first-order chi connectivity index (χ1) is 11.7. The number of nitrogens with zero attached hydrogens (tertiary/aromatic N) is 3. The summed E-state index contributed by atoms with van der Waals surface area (Å²) in [6, 6.07) is 14.7. The molecule has 0 aliphatic heterocycles. The second-order valence-corrected chi connectivity index (χ2v) is 5.82. The van der Waals surface area contributed by atoms with Crippen LogP contribution in [0.2, 0.25) is 0 Å². The lowest BCUT2D eigenvalue weighted by Crippen LogP contribution is -2.24. The Morgan fingerprint density at radius 3 is 2.75 bits per heavy atom. The third kappa shape index (κ3) is 4.36. The van der Waals surface area contributed by atoms with E-state index in [9.17, 15) is 4.79 Å². The van der Waals surface area contributed by atoms with Crippen molar-refractivity contribution >= 4 is 33.5 Å². The van der Waals surface area contributed by atoms with E-state index in [1.54, 1.807) is 18.5 Å². The SMILES string of the molecule is O=C(NCc1ccccn1)c1ccnc(Nc2cccc(Br)c2)n1. The van der Waals surface area contributed by atoms with E-state index < -0.39 is 0 Å². The number of halogens is 1. The predicted octanol–water partition coefficient (Wildman–Crippen LogP) is 3.31. The van der Waals surface area contributed by atoms with Gasteiger partial charge < -0.3 is 10.6 Å². The Balaban J connectivity index is 1.67. The zero-order valence-corrected chi connectivity index (χ0v) is 14.2. The molecule has 7 heteroatoms. The van der Waals surface area contributed by atoms with Gasteiger partial charge in [0.25, 0.3) is 5.91 Å². The molecule has 1 amide bonds. The number of anilines is 2. The fourth-order valence-electron chi connectivity index (χ4n) is 2.00. The van der Waals surface area contributed by atoms with Crippen LogP contribution in [0.3, 0.4) is 0 Å². The summed E-state index contributed by atoms with van der Waals surface area (Å²) in [6.45, 7) is 0.345. The van der Waals surface area contributed by atoms with Crippen molar-refractivity contribution in [2.45, 2.75) is 6.54 Å². The first kappa shape index (κ1) is 16.1. The number of amides is 1. The molecule has 24 heavy (non-hydrogen) atoms. The summed E-state index contributed by atoms with van der Waals surface area (Å²) in [7, 11) is 0. The normalized spacial score (nSPS) is 10.2. The van der Waals surface area contributed by atoms with Crippen LogP contribution in [0.4, 0.5) is 11.6 Å². The smallest absolute Gasteiger partial charge is 0.270 e. The van der Waals surface area contributed by atoms with Crippen LogP contribution < -0.4 is 10.6 Å². The van der Waals surface area contributed by atoms with Crippen LogP contribution in [0.15, 0.2) is 65.4 Å². The van der Waals surface area contributed by atoms with Crippen molar-refractivity contribution < 1.29 is 4.79 Å². The second kappa shape index (κ2) is 7.65. The molecule has 0 fully saturated rings. The highest BCUT2D eigenvalue weighted by atomic mass is 79.9. The summed E-state index contributed by atoms with van der Waals surface area (Å²) < 4.78 is 0.941. The molecule has 0 bridgehead atoms. The fraction of sp³-hybridized carbons (Fsp3) is 0.0588. The minimum absolute atomic E-state index is 0.277. The van der Waals surface area contributed by atoms with Gasteiger partial charge in [-0.15, -0.1) is 0 Å². The van der Waals surface area contributed by atoms with E-state index in [-0.39, 0.29) is 5.91 Å². The van der Waals surface area contributed by atoms with Gasteiger partial charge in [0, 0.05) is 22.6 Å². The van der Waals surface area contributed by atoms with Crippen LogP contribution in [0.5, 0.6) is 0 Å². The summed E-state index contributed by atoms with van der Waals surface area (Å²) in [4.78, 5) is 24.7. The topological polar surface area (TPSA) is 79.8 Å². The Hall–Kier alpha value is -2.80. The predicted molar refractivity (Wildman–Crippen MR) is 94.9 cm³/mol. The van der Waals surface area contributed by atoms with Gasteiger partial charge in [-0.1, -0.05) is 28.1 Å². The van der Waals surface area contributed by atoms with E-state index in [0.29, 0.717) is 18.2 Å². The van der Waals surface area contributed by atoms with Crippen LogP contribution in [-0.4, -0.2) is 20.9 Å². The molecule has 0 spiro atoms. The Kier molecular flexibility index (Phi) is 5.12. The number of carbonyl (C=O) groups is 1. The average Bonchev–Trinajstić information content (AvgIpc) is 2.61. The molecular formula is C17H14BrN5O. The Morgan fingerprint density at radius 2 is 1.96 bits per heavy atom. The average molecular weight is 384 g/mol. The molecule has 3 rings (SSSR count). The molecule has 0 unspecified atom stereocenters. The van der Waals surface area contributed by atoms with Gasteiger partial charge in [-0.05, 0) is 36.4 Å². The molecule has 2 aromatic heterocycles. The Labute approximate surface area is 147 Å². The summed E-state index contributed by atoms with van der Waals surface area (Å²) in [5.41, 5.74) is 1.90. The Morgan fingerprint density at radius 1 is 1.04 bits per heavy atom. The van der Waals surface area contributed by atoms with E-state index >= 15 is 0 Å². The number of pyridine rings is 1. The lowest BCUT2D eigenvalue weighted by atomic mass is 10.3.